The van der Waals surface area contributed by atoms with E-state index in [0.29, 0.717) is 0 Å². The maximum absolute atomic E-state index is 4.29. The van der Waals surface area contributed by atoms with Crippen LogP contribution in [0.3, 0.4) is 0 Å². The fourth-order valence-corrected chi connectivity index (χ4v) is 1.81. The molecule has 0 bridgehead atoms. The number of anilines is 1. The molecule has 1 saturated carbocycles. The average molecular weight is 190 g/mol. The predicted molar refractivity (Wildman–Crippen MR) is 53.8 cm³/mol. The summed E-state index contributed by atoms with van der Waals surface area (Å²) >= 11 is 0. The summed E-state index contributed by atoms with van der Waals surface area (Å²) in [6, 6.07) is 0. The minimum Gasteiger partial charge on any atom is -0.369 e. The first-order chi connectivity index (χ1) is 6.93. The second-order valence-corrected chi connectivity index (χ2v) is 4.08. The summed E-state index contributed by atoms with van der Waals surface area (Å²) in [7, 11) is 0. The second-order valence-electron chi connectivity index (χ2n) is 4.08. The molecular formula is C10H14N4. The summed E-state index contributed by atoms with van der Waals surface area (Å²) < 4.78 is 0. The van der Waals surface area contributed by atoms with Crippen molar-refractivity contribution >= 4 is 5.82 Å². The van der Waals surface area contributed by atoms with E-state index in [1.807, 2.05) is 0 Å². The predicted octanol–water partition coefficient (Wildman–Crippen LogP) is 0.902. The van der Waals surface area contributed by atoms with Crippen LogP contribution < -0.4 is 10.6 Å². The van der Waals surface area contributed by atoms with Gasteiger partial charge in [0, 0.05) is 25.2 Å². The highest BCUT2D eigenvalue weighted by Gasteiger charge is 2.22. The van der Waals surface area contributed by atoms with Crippen molar-refractivity contribution in [3.8, 4) is 0 Å². The van der Waals surface area contributed by atoms with Gasteiger partial charge in [0.1, 0.15) is 12.1 Å². The molecule has 4 nitrogen and oxygen atoms in total. The zero-order valence-corrected chi connectivity index (χ0v) is 8.08. The number of hydrogen-bond acceptors (Lipinski definition) is 4. The number of rotatable bonds is 3. The molecule has 0 spiro atoms. The van der Waals surface area contributed by atoms with Crippen LogP contribution in [0.4, 0.5) is 5.82 Å². The van der Waals surface area contributed by atoms with E-state index in [0.717, 1.165) is 37.1 Å². The van der Waals surface area contributed by atoms with E-state index in [2.05, 4.69) is 20.6 Å². The van der Waals surface area contributed by atoms with Crippen LogP contribution in [-0.2, 0) is 13.1 Å². The molecule has 1 aromatic rings. The first-order valence-electron chi connectivity index (χ1n) is 5.21. The Morgan fingerprint density at radius 1 is 1.36 bits per heavy atom. The van der Waals surface area contributed by atoms with Gasteiger partial charge in [-0.1, -0.05) is 0 Å². The van der Waals surface area contributed by atoms with Gasteiger partial charge in [0.05, 0.1) is 5.69 Å². The summed E-state index contributed by atoms with van der Waals surface area (Å²) in [5.74, 6) is 1.92. The monoisotopic (exact) mass is 190 g/mol. The van der Waals surface area contributed by atoms with Crippen LogP contribution >= 0.6 is 0 Å². The molecule has 2 N–H and O–H groups in total. The minimum absolute atomic E-state index is 0.884. The molecule has 0 atom stereocenters. The van der Waals surface area contributed by atoms with Gasteiger partial charge in [0.2, 0.25) is 0 Å². The quantitative estimate of drug-likeness (QED) is 0.743. The van der Waals surface area contributed by atoms with Gasteiger partial charge in [-0.15, -0.1) is 0 Å². The molecular weight excluding hydrogens is 176 g/mol. The molecule has 1 aromatic heterocycles. The summed E-state index contributed by atoms with van der Waals surface area (Å²) in [5.41, 5.74) is 2.41. The van der Waals surface area contributed by atoms with E-state index in [4.69, 9.17) is 0 Å². The normalized spacial score (nSPS) is 19.4. The third-order valence-electron chi connectivity index (χ3n) is 2.88. The maximum atomic E-state index is 4.29. The van der Waals surface area contributed by atoms with Crippen LogP contribution in [0.25, 0.3) is 0 Å². The molecule has 1 fully saturated rings. The van der Waals surface area contributed by atoms with Gasteiger partial charge in [-0.2, -0.15) is 0 Å². The fraction of sp³-hybridized carbons (Fsp3) is 0.600. The molecule has 0 amide bonds. The Balaban J connectivity index is 1.78. The lowest BCUT2D eigenvalue weighted by Crippen LogP contribution is -2.08. The summed E-state index contributed by atoms with van der Waals surface area (Å²) in [6.45, 7) is 2.86. The van der Waals surface area contributed by atoms with Crippen molar-refractivity contribution in [2.75, 3.05) is 11.9 Å². The molecule has 1 aliphatic heterocycles. The van der Waals surface area contributed by atoms with E-state index in [9.17, 15) is 0 Å². The molecule has 3 rings (SSSR count). The van der Waals surface area contributed by atoms with E-state index in [-0.39, 0.29) is 0 Å². The Hall–Kier alpha value is -1.16. The Morgan fingerprint density at radius 3 is 3.14 bits per heavy atom. The smallest absolute Gasteiger partial charge is 0.134 e. The number of aromatic nitrogens is 2. The lowest BCUT2D eigenvalue weighted by atomic mass is 10.2. The largest absolute Gasteiger partial charge is 0.369 e. The zero-order valence-electron chi connectivity index (χ0n) is 8.08. The molecule has 4 heteroatoms. The van der Waals surface area contributed by atoms with Gasteiger partial charge in [-0.05, 0) is 18.8 Å². The van der Waals surface area contributed by atoms with Gasteiger partial charge in [0.15, 0.2) is 0 Å². The van der Waals surface area contributed by atoms with Gasteiger partial charge in [-0.25, -0.2) is 9.97 Å². The van der Waals surface area contributed by atoms with Crippen molar-refractivity contribution in [3.05, 3.63) is 17.6 Å². The van der Waals surface area contributed by atoms with Gasteiger partial charge < -0.3 is 10.6 Å². The molecule has 0 aromatic carbocycles. The molecule has 0 saturated heterocycles. The Labute approximate surface area is 83.1 Å². The maximum Gasteiger partial charge on any atom is 0.134 e. The second kappa shape index (κ2) is 3.20. The highest BCUT2D eigenvalue weighted by Crippen LogP contribution is 2.29. The lowest BCUT2D eigenvalue weighted by Gasteiger charge is -2.07. The molecule has 1 aliphatic carbocycles. The molecule has 2 aliphatic rings. The third-order valence-corrected chi connectivity index (χ3v) is 2.88. The standard InChI is InChI=1S/C10H14N4/c1-2-7(1)3-12-10-8-4-11-5-9(8)13-6-14-10/h6-7,11H,1-5H2,(H,12,13,14). The van der Waals surface area contributed by atoms with Crippen molar-refractivity contribution in [2.45, 2.75) is 25.9 Å². The van der Waals surface area contributed by atoms with E-state index >= 15 is 0 Å². The molecule has 74 valence electrons. The number of hydrogen-bond donors (Lipinski definition) is 2. The Kier molecular flexibility index (Phi) is 1.87. The van der Waals surface area contributed by atoms with Crippen molar-refractivity contribution < 1.29 is 0 Å². The summed E-state index contributed by atoms with van der Waals surface area (Å²) in [5, 5.41) is 6.70. The average Bonchev–Trinajstić information content (AvgIpc) is 2.91. The van der Waals surface area contributed by atoms with Crippen LogP contribution in [0.2, 0.25) is 0 Å². The van der Waals surface area contributed by atoms with Crippen LogP contribution in [0, 0.1) is 5.92 Å². The van der Waals surface area contributed by atoms with Crippen LogP contribution in [0.5, 0.6) is 0 Å². The van der Waals surface area contributed by atoms with Crippen molar-refractivity contribution in [1.29, 1.82) is 0 Å². The SMILES string of the molecule is c1nc2c(c(NCC3CC3)n1)CNC2. The zero-order chi connectivity index (χ0) is 9.38. The fourth-order valence-electron chi connectivity index (χ4n) is 1.81. The Bertz CT molecular complexity index is 346. The van der Waals surface area contributed by atoms with Crippen LogP contribution in [0.1, 0.15) is 24.1 Å². The lowest BCUT2D eigenvalue weighted by molar-refractivity contribution is 0.757. The molecule has 2 heterocycles. The van der Waals surface area contributed by atoms with Gasteiger partial charge in [0.25, 0.3) is 0 Å². The van der Waals surface area contributed by atoms with E-state index in [1.165, 1.54) is 18.4 Å². The van der Waals surface area contributed by atoms with E-state index < -0.39 is 0 Å². The minimum atomic E-state index is 0.884. The highest BCUT2D eigenvalue weighted by molar-refractivity contribution is 5.47. The highest BCUT2D eigenvalue weighted by atomic mass is 15.1. The van der Waals surface area contributed by atoms with Crippen molar-refractivity contribution in [2.24, 2.45) is 5.92 Å². The topological polar surface area (TPSA) is 49.8 Å². The van der Waals surface area contributed by atoms with Crippen molar-refractivity contribution in [1.82, 2.24) is 15.3 Å². The number of nitrogens with zero attached hydrogens (tertiary/aromatic N) is 2. The summed E-state index contributed by atoms with van der Waals surface area (Å²) in [4.78, 5) is 8.54. The third kappa shape index (κ3) is 1.46. The van der Waals surface area contributed by atoms with E-state index in [1.54, 1.807) is 6.33 Å². The first-order valence-corrected chi connectivity index (χ1v) is 5.21. The summed E-state index contributed by atoms with van der Waals surface area (Å²) in [6.07, 6.45) is 4.40. The molecule has 0 unspecified atom stereocenters. The van der Waals surface area contributed by atoms with Crippen LogP contribution in [-0.4, -0.2) is 16.5 Å². The Morgan fingerprint density at radius 2 is 2.29 bits per heavy atom. The number of nitrogens with one attached hydrogen (secondary N) is 2. The first kappa shape index (κ1) is 8.17. The van der Waals surface area contributed by atoms with Gasteiger partial charge in [-0.3, -0.25) is 0 Å². The molecule has 0 radical (unpaired) electrons. The van der Waals surface area contributed by atoms with Gasteiger partial charge >= 0.3 is 0 Å². The van der Waals surface area contributed by atoms with Crippen molar-refractivity contribution in [3.63, 3.8) is 0 Å². The molecule has 14 heavy (non-hydrogen) atoms. The number of fused-ring (bicyclic) bond motifs is 1. The van der Waals surface area contributed by atoms with Crippen LogP contribution in [0.15, 0.2) is 6.33 Å².